The summed E-state index contributed by atoms with van der Waals surface area (Å²) in [7, 11) is 0. The normalized spacial score (nSPS) is 11.4. The van der Waals surface area contributed by atoms with Crippen LogP contribution in [0.15, 0.2) is 108 Å². The number of anilines is 2. The van der Waals surface area contributed by atoms with Crippen molar-refractivity contribution in [3.63, 3.8) is 0 Å². The molecule has 0 heterocycles. The number of benzene rings is 4. The van der Waals surface area contributed by atoms with Crippen molar-refractivity contribution in [2.75, 3.05) is 17.2 Å². The lowest BCUT2D eigenvalue weighted by molar-refractivity contribution is -0.118. The van der Waals surface area contributed by atoms with Gasteiger partial charge in [-0.25, -0.2) is 0 Å². The molecule has 0 bridgehead atoms. The molecule has 0 spiro atoms. The van der Waals surface area contributed by atoms with E-state index in [1.54, 1.807) is 42.5 Å². The third-order valence-electron chi connectivity index (χ3n) is 5.03. The van der Waals surface area contributed by atoms with Crippen molar-refractivity contribution in [1.29, 1.82) is 0 Å². The van der Waals surface area contributed by atoms with Crippen molar-refractivity contribution in [2.24, 2.45) is 0 Å². The van der Waals surface area contributed by atoms with Crippen LogP contribution in [0.1, 0.15) is 10.8 Å². The van der Waals surface area contributed by atoms with Gasteiger partial charge in [-0.15, -0.1) is 11.8 Å². The van der Waals surface area contributed by atoms with Gasteiger partial charge in [-0.1, -0.05) is 71.7 Å². The van der Waals surface area contributed by atoms with Gasteiger partial charge in [0.1, 0.15) is 11.0 Å². The number of para-hydroxylation sites is 1. The Bertz CT molecular complexity index is 1320. The minimum absolute atomic E-state index is 0.0932. The Morgan fingerprint density at radius 3 is 2.14 bits per heavy atom. The van der Waals surface area contributed by atoms with Gasteiger partial charge in [-0.05, 0) is 60.2 Å². The molecule has 0 radical (unpaired) electrons. The summed E-state index contributed by atoms with van der Waals surface area (Å²) in [4.78, 5) is 26.4. The molecule has 4 aromatic carbocycles. The van der Waals surface area contributed by atoms with E-state index in [9.17, 15) is 9.59 Å². The van der Waals surface area contributed by atoms with Crippen LogP contribution in [-0.4, -0.2) is 18.4 Å². The quantitative estimate of drug-likeness (QED) is 0.217. The molecule has 0 saturated heterocycles. The fraction of sp³-hybridized carbons (Fsp3) is 0.0714. The van der Waals surface area contributed by atoms with E-state index in [0.717, 1.165) is 10.5 Å². The maximum Gasteiger partial charge on any atom is 0.262 e. The van der Waals surface area contributed by atoms with Gasteiger partial charge in [0.25, 0.3) is 5.91 Å². The summed E-state index contributed by atoms with van der Waals surface area (Å²) in [6.45, 7) is -0.0932. The van der Waals surface area contributed by atoms with Crippen LogP contribution in [-0.2, 0) is 9.59 Å². The number of ether oxygens (including phenoxy) is 1. The fourth-order valence-corrected chi connectivity index (χ4v) is 4.79. The fourth-order valence-electron chi connectivity index (χ4n) is 3.31. The number of rotatable bonds is 9. The van der Waals surface area contributed by atoms with Crippen molar-refractivity contribution in [3.8, 4) is 5.75 Å². The number of hydrogen-bond acceptors (Lipinski definition) is 4. The Hall–Kier alpha value is -3.45. The average Bonchev–Trinajstić information content (AvgIpc) is 2.89. The predicted molar refractivity (Wildman–Crippen MR) is 147 cm³/mol. The Balaban J connectivity index is 1.42. The maximum absolute atomic E-state index is 13.3. The lowest BCUT2D eigenvalue weighted by atomic mass is 10.1. The van der Waals surface area contributed by atoms with Crippen LogP contribution >= 0.6 is 35.0 Å². The Kier molecular flexibility index (Phi) is 8.90. The average molecular weight is 537 g/mol. The van der Waals surface area contributed by atoms with E-state index in [4.69, 9.17) is 27.9 Å². The molecule has 0 aliphatic heterocycles. The highest BCUT2D eigenvalue weighted by Crippen LogP contribution is 2.37. The minimum Gasteiger partial charge on any atom is -0.484 e. The van der Waals surface area contributed by atoms with Gasteiger partial charge in [0.2, 0.25) is 5.91 Å². The van der Waals surface area contributed by atoms with Gasteiger partial charge in [0, 0.05) is 15.6 Å². The number of carbonyl (C=O) groups is 2. The molecule has 36 heavy (non-hydrogen) atoms. The molecular formula is C28H22Cl2N2O3S. The molecule has 0 saturated carbocycles. The van der Waals surface area contributed by atoms with Crippen LogP contribution in [0.4, 0.5) is 11.4 Å². The van der Waals surface area contributed by atoms with E-state index < -0.39 is 5.25 Å². The van der Waals surface area contributed by atoms with E-state index in [1.165, 1.54) is 11.8 Å². The lowest BCUT2D eigenvalue weighted by Gasteiger charge is -2.18. The Labute approximate surface area is 223 Å². The maximum atomic E-state index is 13.3. The van der Waals surface area contributed by atoms with Crippen LogP contribution in [0.25, 0.3) is 0 Å². The largest absolute Gasteiger partial charge is 0.484 e. The molecule has 4 rings (SSSR count). The molecule has 5 nitrogen and oxygen atoms in total. The van der Waals surface area contributed by atoms with Crippen LogP contribution < -0.4 is 15.4 Å². The number of amides is 2. The summed E-state index contributed by atoms with van der Waals surface area (Å²) in [5, 5.41) is 6.04. The zero-order valence-electron chi connectivity index (χ0n) is 19.0. The molecule has 2 N–H and O–H groups in total. The summed E-state index contributed by atoms with van der Waals surface area (Å²) >= 11 is 13.6. The summed E-state index contributed by atoms with van der Waals surface area (Å²) < 4.78 is 5.48. The lowest BCUT2D eigenvalue weighted by Crippen LogP contribution is -2.20. The predicted octanol–water partition coefficient (Wildman–Crippen LogP) is 7.48. The number of thioether (sulfide) groups is 1. The van der Waals surface area contributed by atoms with Crippen molar-refractivity contribution >= 4 is 58.2 Å². The van der Waals surface area contributed by atoms with Crippen LogP contribution in [0.3, 0.4) is 0 Å². The summed E-state index contributed by atoms with van der Waals surface area (Å²) in [6.07, 6.45) is 0. The van der Waals surface area contributed by atoms with E-state index in [-0.39, 0.29) is 18.4 Å². The molecular weight excluding hydrogens is 515 g/mol. The number of hydrogen-bond donors (Lipinski definition) is 2. The first-order valence-corrected chi connectivity index (χ1v) is 12.7. The molecule has 0 aliphatic rings. The molecule has 1 atom stereocenters. The minimum atomic E-state index is -0.530. The number of nitrogens with one attached hydrogen (secondary N) is 2. The van der Waals surface area contributed by atoms with Crippen LogP contribution in [0, 0.1) is 0 Å². The topological polar surface area (TPSA) is 67.4 Å². The van der Waals surface area contributed by atoms with Gasteiger partial charge >= 0.3 is 0 Å². The number of carbonyl (C=O) groups excluding carboxylic acids is 2. The molecule has 182 valence electrons. The van der Waals surface area contributed by atoms with E-state index in [0.29, 0.717) is 27.2 Å². The SMILES string of the molecule is O=C(COc1ccccc1)Nc1ccc(SC(C(=O)Nc2ccc(Cl)cc2Cl)c2ccccc2)cc1. The Morgan fingerprint density at radius 1 is 0.806 bits per heavy atom. The van der Waals surface area contributed by atoms with Crippen molar-refractivity contribution in [2.45, 2.75) is 10.1 Å². The second-order valence-electron chi connectivity index (χ2n) is 7.70. The second kappa shape index (κ2) is 12.5. The molecule has 2 amide bonds. The summed E-state index contributed by atoms with van der Waals surface area (Å²) in [5.41, 5.74) is 1.97. The van der Waals surface area contributed by atoms with E-state index in [2.05, 4.69) is 10.6 Å². The first kappa shape index (κ1) is 25.6. The first-order valence-electron chi connectivity index (χ1n) is 11.0. The van der Waals surface area contributed by atoms with Crippen LogP contribution in [0.5, 0.6) is 5.75 Å². The molecule has 0 aromatic heterocycles. The molecule has 1 unspecified atom stereocenters. The van der Waals surface area contributed by atoms with Crippen LogP contribution in [0.2, 0.25) is 10.0 Å². The highest BCUT2D eigenvalue weighted by atomic mass is 35.5. The third kappa shape index (κ3) is 7.28. The van der Waals surface area contributed by atoms with Crippen molar-refractivity contribution in [3.05, 3.63) is 119 Å². The highest BCUT2D eigenvalue weighted by molar-refractivity contribution is 8.00. The van der Waals surface area contributed by atoms with Crippen molar-refractivity contribution in [1.82, 2.24) is 0 Å². The van der Waals surface area contributed by atoms with Gasteiger partial charge in [-0.3, -0.25) is 9.59 Å². The van der Waals surface area contributed by atoms with Gasteiger partial charge in [0.05, 0.1) is 10.7 Å². The van der Waals surface area contributed by atoms with E-state index >= 15 is 0 Å². The first-order chi connectivity index (χ1) is 17.5. The smallest absolute Gasteiger partial charge is 0.262 e. The molecule has 4 aromatic rings. The Morgan fingerprint density at radius 2 is 1.47 bits per heavy atom. The molecule has 8 heteroatoms. The highest BCUT2D eigenvalue weighted by Gasteiger charge is 2.23. The summed E-state index contributed by atoms with van der Waals surface area (Å²) in [5.74, 6) is 0.149. The summed E-state index contributed by atoms with van der Waals surface area (Å²) in [6, 6.07) is 30.9. The molecule has 0 aliphatic carbocycles. The van der Waals surface area contributed by atoms with Crippen molar-refractivity contribution < 1.29 is 14.3 Å². The second-order valence-corrected chi connectivity index (χ2v) is 9.72. The zero-order chi connectivity index (χ0) is 25.3. The zero-order valence-corrected chi connectivity index (χ0v) is 21.3. The monoisotopic (exact) mass is 536 g/mol. The standard InChI is InChI=1S/C28H22Cl2N2O3S/c29-20-11-16-25(24(30)17-20)32-28(34)27(19-7-3-1-4-8-19)36-23-14-12-21(13-15-23)31-26(33)18-35-22-9-5-2-6-10-22/h1-17,27H,18H2,(H,31,33)(H,32,34). The van der Waals surface area contributed by atoms with Gasteiger partial charge in [-0.2, -0.15) is 0 Å². The van der Waals surface area contributed by atoms with Gasteiger partial charge < -0.3 is 15.4 Å². The molecule has 0 fully saturated rings. The van der Waals surface area contributed by atoms with E-state index in [1.807, 2.05) is 60.7 Å². The number of halogens is 2. The van der Waals surface area contributed by atoms with Gasteiger partial charge in [0.15, 0.2) is 6.61 Å². The third-order valence-corrected chi connectivity index (χ3v) is 6.85.